The van der Waals surface area contributed by atoms with E-state index < -0.39 is 0 Å². The van der Waals surface area contributed by atoms with E-state index in [1.54, 1.807) is 18.3 Å². The molecule has 2 aromatic rings. The first-order valence-electron chi connectivity index (χ1n) is 6.22. The third kappa shape index (κ3) is 2.52. The van der Waals surface area contributed by atoms with Crippen LogP contribution in [0.15, 0.2) is 29.1 Å². The highest BCUT2D eigenvalue weighted by Gasteiger charge is 2.28. The van der Waals surface area contributed by atoms with Crippen LogP contribution in [0.2, 0.25) is 5.15 Å². The quantitative estimate of drug-likeness (QED) is 0.881. The van der Waals surface area contributed by atoms with E-state index in [0.29, 0.717) is 18.1 Å². The molecule has 1 saturated heterocycles. The Labute approximate surface area is 120 Å². The molecular formula is C13H12ClN3O3. The van der Waals surface area contributed by atoms with Gasteiger partial charge in [0.1, 0.15) is 6.10 Å². The smallest absolute Gasteiger partial charge is 0.278 e. The maximum Gasteiger partial charge on any atom is 0.278 e. The van der Waals surface area contributed by atoms with E-state index in [0.717, 1.165) is 12.8 Å². The van der Waals surface area contributed by atoms with E-state index in [9.17, 15) is 4.79 Å². The molecule has 1 fully saturated rings. The zero-order valence-corrected chi connectivity index (χ0v) is 11.3. The minimum Gasteiger partial charge on any atom is -0.445 e. The zero-order chi connectivity index (χ0) is 13.9. The van der Waals surface area contributed by atoms with Crippen molar-refractivity contribution in [3.05, 3.63) is 41.3 Å². The Morgan fingerprint density at radius 1 is 1.45 bits per heavy atom. The van der Waals surface area contributed by atoms with Crippen molar-refractivity contribution in [1.29, 1.82) is 0 Å². The van der Waals surface area contributed by atoms with Crippen LogP contribution in [0.4, 0.5) is 5.69 Å². The second-order valence-corrected chi connectivity index (χ2v) is 4.72. The summed E-state index contributed by atoms with van der Waals surface area (Å²) < 4.78 is 10.8. The number of carbonyl (C=O) groups excluding carboxylic acids is 1. The van der Waals surface area contributed by atoms with Crippen LogP contribution in [0.1, 0.15) is 35.2 Å². The summed E-state index contributed by atoms with van der Waals surface area (Å²) in [7, 11) is 0. The van der Waals surface area contributed by atoms with Crippen LogP contribution in [-0.4, -0.2) is 22.5 Å². The topological polar surface area (TPSA) is 77.3 Å². The Bertz CT molecular complexity index is 623. The van der Waals surface area contributed by atoms with Crippen LogP contribution in [0.3, 0.4) is 0 Å². The number of aromatic nitrogens is 2. The highest BCUT2D eigenvalue weighted by Crippen LogP contribution is 2.31. The number of anilines is 1. The van der Waals surface area contributed by atoms with Gasteiger partial charge in [-0.3, -0.25) is 4.79 Å². The minimum absolute atomic E-state index is 0.206. The van der Waals surface area contributed by atoms with Gasteiger partial charge >= 0.3 is 0 Å². The van der Waals surface area contributed by atoms with Gasteiger partial charge in [0.15, 0.2) is 23.0 Å². The molecule has 0 aliphatic carbocycles. The molecule has 1 aliphatic heterocycles. The number of carbonyl (C=O) groups is 1. The van der Waals surface area contributed by atoms with E-state index in [1.165, 1.54) is 6.39 Å². The third-order valence-electron chi connectivity index (χ3n) is 3.04. The number of hydrogen-bond donors (Lipinski definition) is 1. The molecule has 1 aliphatic rings. The van der Waals surface area contributed by atoms with E-state index >= 15 is 0 Å². The molecule has 0 radical (unpaired) electrons. The maximum atomic E-state index is 12.2. The van der Waals surface area contributed by atoms with Gasteiger partial charge in [0.2, 0.25) is 0 Å². The summed E-state index contributed by atoms with van der Waals surface area (Å²) in [4.78, 5) is 20.1. The van der Waals surface area contributed by atoms with Crippen molar-refractivity contribution < 1.29 is 13.9 Å². The van der Waals surface area contributed by atoms with Gasteiger partial charge in [-0.15, -0.1) is 0 Å². The van der Waals surface area contributed by atoms with Crippen LogP contribution in [0.25, 0.3) is 0 Å². The molecule has 1 unspecified atom stereocenters. The van der Waals surface area contributed by atoms with Crippen LogP contribution >= 0.6 is 11.6 Å². The first-order valence-corrected chi connectivity index (χ1v) is 6.60. The molecule has 1 atom stereocenters. The van der Waals surface area contributed by atoms with E-state index in [4.69, 9.17) is 20.8 Å². The van der Waals surface area contributed by atoms with Crippen molar-refractivity contribution in [3.8, 4) is 0 Å². The van der Waals surface area contributed by atoms with Crippen LogP contribution in [-0.2, 0) is 4.74 Å². The fraction of sp³-hybridized carbons (Fsp3) is 0.308. The number of halogens is 1. The fourth-order valence-electron chi connectivity index (χ4n) is 2.10. The number of nitrogens with zero attached hydrogens (tertiary/aromatic N) is 2. The molecule has 7 heteroatoms. The molecule has 1 N–H and O–H groups in total. The minimum atomic E-state index is -0.390. The molecule has 0 spiro atoms. The molecule has 6 nitrogen and oxygen atoms in total. The Kier molecular flexibility index (Phi) is 3.66. The molecule has 104 valence electrons. The summed E-state index contributed by atoms with van der Waals surface area (Å²) in [5.74, 6) is 0.0687. The fourth-order valence-corrected chi connectivity index (χ4v) is 2.27. The number of hydrogen-bond acceptors (Lipinski definition) is 5. The summed E-state index contributed by atoms with van der Waals surface area (Å²) in [6.07, 6.45) is 4.36. The van der Waals surface area contributed by atoms with E-state index in [2.05, 4.69) is 15.3 Å². The van der Waals surface area contributed by atoms with Gasteiger partial charge in [-0.25, -0.2) is 9.97 Å². The normalized spacial score (nSPS) is 18.1. The summed E-state index contributed by atoms with van der Waals surface area (Å²) in [6, 6.07) is 3.35. The van der Waals surface area contributed by atoms with Crippen molar-refractivity contribution in [3.63, 3.8) is 0 Å². The number of amides is 1. The Hall–Kier alpha value is -1.92. The van der Waals surface area contributed by atoms with E-state index in [1.807, 2.05) is 0 Å². The number of oxazole rings is 1. The lowest BCUT2D eigenvalue weighted by atomic mass is 10.1. The van der Waals surface area contributed by atoms with Gasteiger partial charge in [-0.2, -0.15) is 0 Å². The summed E-state index contributed by atoms with van der Waals surface area (Å²) in [6.45, 7) is 0.668. The van der Waals surface area contributed by atoms with Gasteiger partial charge in [-0.05, 0) is 25.0 Å². The van der Waals surface area contributed by atoms with Crippen molar-refractivity contribution in [2.24, 2.45) is 0 Å². The largest absolute Gasteiger partial charge is 0.445 e. The predicted molar refractivity (Wildman–Crippen MR) is 71.6 cm³/mol. The SMILES string of the molecule is O=C(Nc1cccnc1Cl)c1ncoc1C1CCCO1. The summed E-state index contributed by atoms with van der Waals surface area (Å²) in [5, 5.41) is 2.89. The van der Waals surface area contributed by atoms with Crippen LogP contribution in [0.5, 0.6) is 0 Å². The lowest BCUT2D eigenvalue weighted by molar-refractivity contribution is 0.0889. The number of nitrogens with one attached hydrogen (secondary N) is 1. The first kappa shape index (κ1) is 13.1. The standard InChI is InChI=1S/C13H12ClN3O3/c14-12-8(3-1-5-15-12)17-13(18)10-11(20-7-16-10)9-4-2-6-19-9/h1,3,5,7,9H,2,4,6H2,(H,17,18). The van der Waals surface area contributed by atoms with Gasteiger partial charge in [-0.1, -0.05) is 11.6 Å². The Morgan fingerprint density at radius 3 is 3.10 bits per heavy atom. The lowest BCUT2D eigenvalue weighted by Gasteiger charge is -2.08. The second-order valence-electron chi connectivity index (χ2n) is 4.36. The van der Waals surface area contributed by atoms with Crippen molar-refractivity contribution in [2.45, 2.75) is 18.9 Å². The number of pyridine rings is 1. The summed E-state index contributed by atoms with van der Waals surface area (Å²) in [5.41, 5.74) is 0.650. The molecule has 3 rings (SSSR count). The monoisotopic (exact) mass is 293 g/mol. The zero-order valence-electron chi connectivity index (χ0n) is 10.5. The predicted octanol–water partition coefficient (Wildman–Crippen LogP) is 2.83. The average Bonchev–Trinajstić information content (AvgIpc) is 3.11. The molecule has 3 heterocycles. The molecule has 0 aromatic carbocycles. The van der Waals surface area contributed by atoms with Gasteiger partial charge < -0.3 is 14.5 Å². The first-order chi connectivity index (χ1) is 9.75. The molecule has 2 aromatic heterocycles. The van der Waals surface area contributed by atoms with Crippen molar-refractivity contribution >= 4 is 23.2 Å². The molecule has 0 bridgehead atoms. The Balaban J connectivity index is 1.81. The number of rotatable bonds is 3. The number of ether oxygens (including phenoxy) is 1. The lowest BCUT2D eigenvalue weighted by Crippen LogP contribution is -2.16. The molecule has 1 amide bonds. The van der Waals surface area contributed by atoms with Crippen LogP contribution in [0, 0.1) is 0 Å². The van der Waals surface area contributed by atoms with E-state index in [-0.39, 0.29) is 22.9 Å². The van der Waals surface area contributed by atoms with Crippen LogP contribution < -0.4 is 5.32 Å². The van der Waals surface area contributed by atoms with Gasteiger partial charge in [0.05, 0.1) is 5.69 Å². The third-order valence-corrected chi connectivity index (χ3v) is 3.34. The highest BCUT2D eigenvalue weighted by atomic mass is 35.5. The van der Waals surface area contributed by atoms with Crippen molar-refractivity contribution in [1.82, 2.24) is 9.97 Å². The highest BCUT2D eigenvalue weighted by molar-refractivity contribution is 6.32. The Morgan fingerprint density at radius 2 is 2.35 bits per heavy atom. The molecule has 20 heavy (non-hydrogen) atoms. The average molecular weight is 294 g/mol. The van der Waals surface area contributed by atoms with Gasteiger partial charge in [0, 0.05) is 12.8 Å². The van der Waals surface area contributed by atoms with Gasteiger partial charge in [0.25, 0.3) is 5.91 Å². The maximum absolute atomic E-state index is 12.2. The summed E-state index contributed by atoms with van der Waals surface area (Å²) >= 11 is 5.90. The molecular weight excluding hydrogens is 282 g/mol. The van der Waals surface area contributed by atoms with Crippen molar-refractivity contribution in [2.75, 3.05) is 11.9 Å². The second kappa shape index (κ2) is 5.60. The molecule has 0 saturated carbocycles.